The Morgan fingerprint density at radius 1 is 1.08 bits per heavy atom. The number of aryl methyl sites for hydroxylation is 2. The van der Waals surface area contributed by atoms with Gasteiger partial charge in [0.1, 0.15) is 11.5 Å². The van der Waals surface area contributed by atoms with E-state index in [1.807, 2.05) is 12.1 Å². The van der Waals surface area contributed by atoms with E-state index >= 15 is 0 Å². The van der Waals surface area contributed by atoms with E-state index in [4.69, 9.17) is 16.0 Å². The van der Waals surface area contributed by atoms with Crippen molar-refractivity contribution >= 4 is 23.4 Å². The van der Waals surface area contributed by atoms with Crippen LogP contribution in [0.3, 0.4) is 0 Å². The lowest BCUT2D eigenvalue weighted by molar-refractivity contribution is -0.127. The summed E-state index contributed by atoms with van der Waals surface area (Å²) in [6.45, 7) is 3.49. The summed E-state index contributed by atoms with van der Waals surface area (Å²) in [4.78, 5) is 25.2. The molecular weight excluding hydrogens is 340 g/mol. The van der Waals surface area contributed by atoms with Crippen molar-refractivity contribution in [3.05, 3.63) is 58.0 Å². The van der Waals surface area contributed by atoms with E-state index < -0.39 is 5.41 Å². The molecule has 1 aliphatic carbocycles. The molecule has 0 saturated heterocycles. The molecule has 5 nitrogen and oxygen atoms in total. The topological polar surface area (TPSA) is 71.3 Å². The molecule has 1 saturated carbocycles. The van der Waals surface area contributed by atoms with Crippen molar-refractivity contribution in [2.24, 2.45) is 0 Å². The molecule has 2 N–H and O–H groups in total. The van der Waals surface area contributed by atoms with Gasteiger partial charge in [-0.3, -0.25) is 20.4 Å². The Balaban J connectivity index is 1.75. The van der Waals surface area contributed by atoms with Crippen molar-refractivity contribution in [1.82, 2.24) is 10.9 Å². The first-order valence-electron chi connectivity index (χ1n) is 8.36. The molecule has 6 heteroatoms. The predicted octanol–water partition coefficient (Wildman–Crippen LogP) is 3.82. The van der Waals surface area contributed by atoms with Crippen LogP contribution in [0.2, 0.25) is 5.02 Å². The third-order valence-corrected chi connectivity index (χ3v) is 5.12. The molecular formula is C19H21ClN2O3. The number of carbonyl (C=O) groups excluding carboxylic acids is 2. The molecule has 1 aliphatic rings. The number of rotatable bonds is 3. The van der Waals surface area contributed by atoms with Gasteiger partial charge in [0.05, 0.1) is 11.0 Å². The Kier molecular flexibility index (Phi) is 4.86. The second-order valence-corrected chi connectivity index (χ2v) is 6.97. The summed E-state index contributed by atoms with van der Waals surface area (Å²) in [5.74, 6) is 0.602. The second kappa shape index (κ2) is 6.92. The molecule has 1 aromatic heterocycles. The Labute approximate surface area is 151 Å². The molecule has 0 aliphatic heterocycles. The molecule has 0 spiro atoms. The molecule has 132 valence electrons. The quantitative estimate of drug-likeness (QED) is 0.817. The molecule has 0 atom stereocenters. The van der Waals surface area contributed by atoms with Gasteiger partial charge in [-0.1, -0.05) is 36.6 Å². The van der Waals surface area contributed by atoms with Gasteiger partial charge in [-0.05, 0) is 50.5 Å². The minimum absolute atomic E-state index is 0.196. The van der Waals surface area contributed by atoms with Crippen LogP contribution >= 0.6 is 11.6 Å². The molecule has 2 aromatic rings. The highest BCUT2D eigenvalue weighted by Gasteiger charge is 2.42. The minimum Gasteiger partial charge on any atom is -0.466 e. The lowest BCUT2D eigenvalue weighted by atomic mass is 9.78. The molecule has 1 fully saturated rings. The van der Waals surface area contributed by atoms with Crippen molar-refractivity contribution in [3.8, 4) is 0 Å². The lowest BCUT2D eigenvalue weighted by Gasteiger charge is -2.28. The smallest absolute Gasteiger partial charge is 0.273 e. The van der Waals surface area contributed by atoms with Crippen molar-refractivity contribution < 1.29 is 14.0 Å². The maximum absolute atomic E-state index is 12.9. The Hall–Kier alpha value is -2.27. The average molecular weight is 361 g/mol. The molecule has 3 rings (SSSR count). The zero-order valence-corrected chi connectivity index (χ0v) is 15.1. The van der Waals surface area contributed by atoms with Crippen LogP contribution in [0.4, 0.5) is 0 Å². The molecule has 0 unspecified atom stereocenters. The zero-order chi connectivity index (χ0) is 18.0. The van der Waals surface area contributed by atoms with Crippen LogP contribution in [0.5, 0.6) is 0 Å². The summed E-state index contributed by atoms with van der Waals surface area (Å²) in [6, 6.07) is 9.01. The second-order valence-electron chi connectivity index (χ2n) is 6.53. The van der Waals surface area contributed by atoms with Gasteiger partial charge < -0.3 is 4.42 Å². The van der Waals surface area contributed by atoms with E-state index in [0.29, 0.717) is 22.1 Å². The van der Waals surface area contributed by atoms with Gasteiger partial charge in [-0.2, -0.15) is 0 Å². The van der Waals surface area contributed by atoms with E-state index in [1.54, 1.807) is 32.0 Å². The molecule has 2 amide bonds. The normalized spacial score (nSPS) is 15.8. The van der Waals surface area contributed by atoms with Crippen LogP contribution < -0.4 is 10.9 Å². The zero-order valence-electron chi connectivity index (χ0n) is 14.3. The van der Waals surface area contributed by atoms with Gasteiger partial charge in [0.15, 0.2) is 0 Å². The predicted molar refractivity (Wildman–Crippen MR) is 95.4 cm³/mol. The van der Waals surface area contributed by atoms with Crippen LogP contribution in [0, 0.1) is 13.8 Å². The summed E-state index contributed by atoms with van der Waals surface area (Å²) < 4.78 is 5.36. The van der Waals surface area contributed by atoms with Crippen molar-refractivity contribution in [2.45, 2.75) is 44.9 Å². The summed E-state index contributed by atoms with van der Waals surface area (Å²) in [5.41, 5.74) is 5.83. The van der Waals surface area contributed by atoms with E-state index in [1.165, 1.54) is 0 Å². The van der Waals surface area contributed by atoms with E-state index in [-0.39, 0.29) is 11.8 Å². The number of nitrogens with one attached hydrogen (secondary N) is 2. The first kappa shape index (κ1) is 17.5. The number of hydrogen-bond acceptors (Lipinski definition) is 3. The number of carbonyl (C=O) groups is 2. The van der Waals surface area contributed by atoms with Gasteiger partial charge in [-0.25, -0.2) is 0 Å². The molecule has 1 aromatic carbocycles. The molecule has 25 heavy (non-hydrogen) atoms. The fourth-order valence-electron chi connectivity index (χ4n) is 3.55. The van der Waals surface area contributed by atoms with Gasteiger partial charge in [0, 0.05) is 5.02 Å². The van der Waals surface area contributed by atoms with Gasteiger partial charge in [0.25, 0.3) is 5.91 Å². The Morgan fingerprint density at radius 2 is 1.72 bits per heavy atom. The van der Waals surface area contributed by atoms with Crippen molar-refractivity contribution in [1.29, 1.82) is 0 Å². The summed E-state index contributed by atoms with van der Waals surface area (Å²) >= 11 is 5.96. The van der Waals surface area contributed by atoms with Gasteiger partial charge >= 0.3 is 0 Å². The highest BCUT2D eigenvalue weighted by atomic mass is 35.5. The number of benzene rings is 1. The maximum Gasteiger partial charge on any atom is 0.273 e. The number of hydrazine groups is 1. The number of halogens is 1. The highest BCUT2D eigenvalue weighted by molar-refractivity contribution is 6.30. The van der Waals surface area contributed by atoms with Crippen LogP contribution in [0.25, 0.3) is 0 Å². The SMILES string of the molecule is Cc1cc(C(=O)NNC(=O)C2(c3ccc(Cl)cc3)CCCC2)c(C)o1. The highest BCUT2D eigenvalue weighted by Crippen LogP contribution is 2.41. The minimum atomic E-state index is -0.626. The first-order valence-corrected chi connectivity index (χ1v) is 8.74. The monoisotopic (exact) mass is 360 g/mol. The van der Waals surface area contributed by atoms with Crippen molar-refractivity contribution in [3.63, 3.8) is 0 Å². The van der Waals surface area contributed by atoms with Crippen LogP contribution in [0.1, 0.15) is 53.1 Å². The maximum atomic E-state index is 12.9. The summed E-state index contributed by atoms with van der Waals surface area (Å²) in [5, 5.41) is 0.636. The van der Waals surface area contributed by atoms with Crippen LogP contribution in [-0.2, 0) is 10.2 Å². The molecule has 0 radical (unpaired) electrons. The fourth-order valence-corrected chi connectivity index (χ4v) is 3.68. The standard InChI is InChI=1S/C19H21ClN2O3/c1-12-11-16(13(2)25-12)17(23)21-22-18(24)19(9-3-4-10-19)14-5-7-15(20)8-6-14/h5-8,11H,3-4,9-10H2,1-2H3,(H,21,23)(H,22,24). The Bertz CT molecular complexity index is 790. The fraction of sp³-hybridized carbons (Fsp3) is 0.368. The number of hydrogen-bond donors (Lipinski definition) is 2. The van der Waals surface area contributed by atoms with E-state index in [9.17, 15) is 9.59 Å². The third kappa shape index (κ3) is 3.42. The third-order valence-electron chi connectivity index (χ3n) is 4.86. The summed E-state index contributed by atoms with van der Waals surface area (Å²) in [7, 11) is 0. The lowest BCUT2D eigenvalue weighted by Crippen LogP contribution is -2.50. The van der Waals surface area contributed by atoms with Gasteiger partial charge in [-0.15, -0.1) is 0 Å². The average Bonchev–Trinajstić information content (AvgIpc) is 3.20. The molecule has 1 heterocycles. The van der Waals surface area contributed by atoms with E-state index in [0.717, 1.165) is 31.2 Å². The van der Waals surface area contributed by atoms with Gasteiger partial charge in [0.2, 0.25) is 5.91 Å². The first-order chi connectivity index (χ1) is 11.9. The van der Waals surface area contributed by atoms with Crippen LogP contribution in [0.15, 0.2) is 34.7 Å². The Morgan fingerprint density at radius 3 is 2.28 bits per heavy atom. The van der Waals surface area contributed by atoms with Crippen LogP contribution in [-0.4, -0.2) is 11.8 Å². The largest absolute Gasteiger partial charge is 0.466 e. The number of amides is 2. The molecule has 0 bridgehead atoms. The number of furan rings is 1. The summed E-state index contributed by atoms with van der Waals surface area (Å²) in [6.07, 6.45) is 3.45. The van der Waals surface area contributed by atoms with Crippen molar-refractivity contribution in [2.75, 3.05) is 0 Å². The van der Waals surface area contributed by atoms with E-state index in [2.05, 4.69) is 10.9 Å².